The van der Waals surface area contributed by atoms with Crippen LogP contribution in [0.2, 0.25) is 0 Å². The average Bonchev–Trinajstić information content (AvgIpc) is 3.08. The molecule has 2 aromatic heterocycles. The fourth-order valence-corrected chi connectivity index (χ4v) is 2.65. The van der Waals surface area contributed by atoms with Crippen molar-refractivity contribution in [1.82, 2.24) is 24.0 Å². The largest absolute Gasteiger partial charge is 0.497 e. The average molecular weight is 371 g/mol. The molecular formula is C17H17N5O5. The molecule has 0 saturated heterocycles. The summed E-state index contributed by atoms with van der Waals surface area (Å²) in [6, 6.07) is 6.26. The van der Waals surface area contributed by atoms with Gasteiger partial charge in [0.1, 0.15) is 12.3 Å². The van der Waals surface area contributed by atoms with Crippen LogP contribution in [0.1, 0.15) is 10.4 Å². The van der Waals surface area contributed by atoms with Crippen LogP contribution in [0.3, 0.4) is 0 Å². The highest BCUT2D eigenvalue weighted by molar-refractivity contribution is 6.04. The number of hydrogen-bond donors (Lipinski definition) is 1. The van der Waals surface area contributed by atoms with Crippen LogP contribution in [-0.2, 0) is 25.4 Å². The van der Waals surface area contributed by atoms with E-state index in [9.17, 15) is 19.2 Å². The van der Waals surface area contributed by atoms with E-state index in [-0.39, 0.29) is 23.3 Å². The van der Waals surface area contributed by atoms with Crippen molar-refractivity contribution in [3.63, 3.8) is 0 Å². The second kappa shape index (κ2) is 6.90. The third-order valence-electron chi connectivity index (χ3n) is 4.14. The maximum absolute atomic E-state index is 12.3. The van der Waals surface area contributed by atoms with Gasteiger partial charge in [0.2, 0.25) is 5.91 Å². The molecule has 0 unspecified atom stereocenters. The van der Waals surface area contributed by atoms with Gasteiger partial charge in [-0.3, -0.25) is 28.8 Å². The van der Waals surface area contributed by atoms with Crippen molar-refractivity contribution in [2.24, 2.45) is 14.1 Å². The number of imide groups is 1. The van der Waals surface area contributed by atoms with E-state index in [1.165, 1.54) is 48.8 Å². The van der Waals surface area contributed by atoms with Gasteiger partial charge in [-0.1, -0.05) is 0 Å². The zero-order valence-electron chi connectivity index (χ0n) is 14.9. The van der Waals surface area contributed by atoms with Gasteiger partial charge < -0.3 is 9.30 Å². The van der Waals surface area contributed by atoms with Crippen molar-refractivity contribution in [3.8, 4) is 5.75 Å². The molecule has 2 heterocycles. The number of aryl methyl sites for hydroxylation is 1. The number of imidazole rings is 1. The van der Waals surface area contributed by atoms with Crippen LogP contribution in [-0.4, -0.2) is 37.6 Å². The summed E-state index contributed by atoms with van der Waals surface area (Å²) in [7, 11) is 4.33. The Kier molecular flexibility index (Phi) is 4.63. The molecule has 0 aliphatic heterocycles. The quantitative estimate of drug-likeness (QED) is 0.654. The van der Waals surface area contributed by atoms with E-state index in [2.05, 4.69) is 10.3 Å². The molecule has 0 aliphatic rings. The van der Waals surface area contributed by atoms with Gasteiger partial charge in [-0.05, 0) is 24.3 Å². The molecule has 1 N–H and O–H groups in total. The summed E-state index contributed by atoms with van der Waals surface area (Å²) in [4.78, 5) is 52.7. The molecule has 0 radical (unpaired) electrons. The molecule has 3 aromatic rings. The summed E-state index contributed by atoms with van der Waals surface area (Å²) in [5.41, 5.74) is -0.529. The number of amides is 2. The lowest BCUT2D eigenvalue weighted by Gasteiger charge is -2.07. The van der Waals surface area contributed by atoms with Gasteiger partial charge in [0.05, 0.1) is 13.4 Å². The number of nitrogens with zero attached hydrogens (tertiary/aromatic N) is 4. The number of hydrogen-bond acceptors (Lipinski definition) is 6. The number of aromatic nitrogens is 4. The zero-order valence-corrected chi connectivity index (χ0v) is 14.9. The van der Waals surface area contributed by atoms with E-state index in [4.69, 9.17) is 4.74 Å². The molecule has 0 atom stereocenters. The van der Waals surface area contributed by atoms with Crippen LogP contribution in [0.4, 0.5) is 0 Å². The van der Waals surface area contributed by atoms with Crippen LogP contribution >= 0.6 is 0 Å². The van der Waals surface area contributed by atoms with E-state index in [0.717, 1.165) is 4.57 Å². The summed E-state index contributed by atoms with van der Waals surface area (Å²) in [6.45, 7) is -0.300. The van der Waals surface area contributed by atoms with Crippen LogP contribution in [0.15, 0.2) is 40.2 Å². The molecule has 0 saturated carbocycles. The lowest BCUT2D eigenvalue weighted by Crippen LogP contribution is -2.38. The number of benzene rings is 1. The van der Waals surface area contributed by atoms with Crippen molar-refractivity contribution < 1.29 is 14.3 Å². The monoisotopic (exact) mass is 371 g/mol. The maximum Gasteiger partial charge on any atom is 0.332 e. The Morgan fingerprint density at radius 1 is 1.11 bits per heavy atom. The molecule has 0 bridgehead atoms. The lowest BCUT2D eigenvalue weighted by molar-refractivity contribution is -0.120. The van der Waals surface area contributed by atoms with Gasteiger partial charge in [0.15, 0.2) is 11.2 Å². The lowest BCUT2D eigenvalue weighted by atomic mass is 10.2. The number of methoxy groups -OCH3 is 1. The molecule has 10 nitrogen and oxygen atoms in total. The Bertz CT molecular complexity index is 1150. The molecule has 3 rings (SSSR count). The molecule has 1 aromatic carbocycles. The van der Waals surface area contributed by atoms with Crippen LogP contribution in [0, 0.1) is 0 Å². The van der Waals surface area contributed by atoms with Crippen molar-refractivity contribution in [3.05, 3.63) is 57.0 Å². The molecule has 0 fully saturated rings. The van der Waals surface area contributed by atoms with Crippen molar-refractivity contribution in [2.75, 3.05) is 7.11 Å². The Morgan fingerprint density at radius 3 is 2.41 bits per heavy atom. The standard InChI is InChI=1S/C17H17N5O5/c1-20-14-13(16(25)21(2)17(20)26)22(9-18-14)8-12(23)19-15(24)10-4-6-11(27-3)7-5-10/h4-7,9H,8H2,1-3H3,(H,19,23,24). The van der Waals surface area contributed by atoms with Gasteiger partial charge in [0, 0.05) is 19.7 Å². The number of carbonyl (C=O) groups excluding carboxylic acids is 2. The highest BCUT2D eigenvalue weighted by atomic mass is 16.5. The minimum Gasteiger partial charge on any atom is -0.497 e. The molecule has 10 heteroatoms. The number of nitrogens with one attached hydrogen (secondary N) is 1. The molecule has 27 heavy (non-hydrogen) atoms. The highest BCUT2D eigenvalue weighted by Gasteiger charge is 2.17. The predicted molar refractivity (Wildman–Crippen MR) is 95.7 cm³/mol. The number of ether oxygens (including phenoxy) is 1. The van der Waals surface area contributed by atoms with E-state index in [1.54, 1.807) is 12.1 Å². The Hall–Kier alpha value is -3.69. The first-order chi connectivity index (χ1) is 12.8. The van der Waals surface area contributed by atoms with Gasteiger partial charge >= 0.3 is 5.69 Å². The van der Waals surface area contributed by atoms with Crippen molar-refractivity contribution in [1.29, 1.82) is 0 Å². The topological polar surface area (TPSA) is 117 Å². The van der Waals surface area contributed by atoms with Crippen molar-refractivity contribution in [2.45, 2.75) is 6.54 Å². The van der Waals surface area contributed by atoms with E-state index in [0.29, 0.717) is 5.75 Å². The Morgan fingerprint density at radius 2 is 1.78 bits per heavy atom. The minimum atomic E-state index is -0.619. The minimum absolute atomic E-state index is 0.103. The second-order valence-electron chi connectivity index (χ2n) is 5.86. The van der Waals surface area contributed by atoms with E-state index in [1.807, 2.05) is 0 Å². The number of fused-ring (bicyclic) bond motifs is 1. The molecule has 0 aliphatic carbocycles. The first-order valence-electron chi connectivity index (χ1n) is 7.92. The number of rotatable bonds is 4. The second-order valence-corrected chi connectivity index (χ2v) is 5.86. The van der Waals surface area contributed by atoms with Gasteiger partial charge in [-0.25, -0.2) is 9.78 Å². The molecular weight excluding hydrogens is 354 g/mol. The fourth-order valence-electron chi connectivity index (χ4n) is 2.65. The van der Waals surface area contributed by atoms with Crippen LogP contribution in [0.25, 0.3) is 11.2 Å². The maximum atomic E-state index is 12.3. The number of carbonyl (C=O) groups is 2. The molecule has 2 amide bonds. The van der Waals surface area contributed by atoms with Gasteiger partial charge in [-0.15, -0.1) is 0 Å². The van der Waals surface area contributed by atoms with Crippen LogP contribution < -0.4 is 21.3 Å². The third kappa shape index (κ3) is 3.24. The summed E-state index contributed by atoms with van der Waals surface area (Å²) in [5.74, 6) is -0.609. The van der Waals surface area contributed by atoms with Gasteiger partial charge in [0.25, 0.3) is 11.5 Å². The highest BCUT2D eigenvalue weighted by Crippen LogP contribution is 2.11. The van der Waals surface area contributed by atoms with E-state index >= 15 is 0 Å². The smallest absolute Gasteiger partial charge is 0.332 e. The van der Waals surface area contributed by atoms with Crippen molar-refractivity contribution >= 4 is 23.0 Å². The predicted octanol–water partition coefficient (Wildman–Crippen LogP) is -0.601. The molecule has 140 valence electrons. The zero-order chi connectivity index (χ0) is 19.7. The van der Waals surface area contributed by atoms with E-state index < -0.39 is 23.1 Å². The van der Waals surface area contributed by atoms with Crippen LogP contribution in [0.5, 0.6) is 5.75 Å². The first kappa shape index (κ1) is 18.1. The summed E-state index contributed by atoms with van der Waals surface area (Å²) in [5, 5.41) is 2.25. The molecule has 0 spiro atoms. The normalized spacial score (nSPS) is 10.8. The SMILES string of the molecule is COc1ccc(C(=O)NC(=O)Cn2cnc3c2c(=O)n(C)c(=O)n3C)cc1. The summed E-state index contributed by atoms with van der Waals surface area (Å²) in [6.07, 6.45) is 1.28. The first-order valence-corrected chi connectivity index (χ1v) is 7.92. The fraction of sp³-hybridized carbons (Fsp3) is 0.235. The van der Waals surface area contributed by atoms with Gasteiger partial charge in [-0.2, -0.15) is 0 Å². The summed E-state index contributed by atoms with van der Waals surface area (Å²) >= 11 is 0. The third-order valence-corrected chi connectivity index (χ3v) is 4.14. The Labute approximate surface area is 152 Å². The Balaban J connectivity index is 1.83. The summed E-state index contributed by atoms with van der Waals surface area (Å²) < 4.78 is 8.46.